The normalized spacial score (nSPS) is 17.4. The van der Waals surface area contributed by atoms with E-state index >= 15 is 0 Å². The molecule has 0 saturated heterocycles. The van der Waals surface area contributed by atoms with Gasteiger partial charge in [0.25, 0.3) is 0 Å². The maximum atomic E-state index is 12.4. The molecular weight excluding hydrogens is 408 g/mol. The zero-order chi connectivity index (χ0) is 18.7. The summed E-state index contributed by atoms with van der Waals surface area (Å²) >= 11 is 3.21. The summed E-state index contributed by atoms with van der Waals surface area (Å²) in [4.78, 5) is 31.7. The molecule has 0 bridgehead atoms. The van der Waals surface area contributed by atoms with E-state index in [0.717, 1.165) is 10.9 Å². The van der Waals surface area contributed by atoms with Crippen LogP contribution in [0.4, 0.5) is 4.79 Å². The van der Waals surface area contributed by atoms with Crippen LogP contribution in [0.15, 0.2) is 35.1 Å². The zero-order valence-corrected chi connectivity index (χ0v) is 15.0. The molecule has 2 heterocycles. The first kappa shape index (κ1) is 18.1. The molecule has 0 fully saturated rings. The third kappa shape index (κ3) is 4.27. The Hall–Kier alpha value is -2.72. The fourth-order valence-corrected chi connectivity index (χ4v) is 3.09. The molecule has 2 unspecified atom stereocenters. The lowest BCUT2D eigenvalue weighted by Gasteiger charge is -2.17. The number of phenols is 1. The van der Waals surface area contributed by atoms with E-state index in [9.17, 15) is 14.7 Å². The van der Waals surface area contributed by atoms with Gasteiger partial charge in [0, 0.05) is 23.5 Å². The first-order chi connectivity index (χ1) is 12.4. The van der Waals surface area contributed by atoms with E-state index in [1.54, 1.807) is 30.5 Å². The molecule has 1 aromatic heterocycles. The minimum Gasteiger partial charge on any atom is -0.508 e. The molecule has 0 radical (unpaired) electrons. The molecule has 6 N–H and O–H groups in total. The van der Waals surface area contributed by atoms with Crippen LogP contribution in [-0.2, 0) is 16.1 Å². The van der Waals surface area contributed by atoms with Gasteiger partial charge in [0.05, 0.1) is 6.54 Å². The third-order valence-corrected chi connectivity index (χ3v) is 4.33. The smallest absolute Gasteiger partial charge is 0.405 e. The molecule has 0 saturated carbocycles. The molecule has 3 rings (SSSR count). The van der Waals surface area contributed by atoms with Gasteiger partial charge in [-0.25, -0.2) is 4.79 Å². The fraction of sp³-hybridized carbons (Fsp3) is 0.250. The van der Waals surface area contributed by atoms with Crippen molar-refractivity contribution in [3.05, 3.63) is 40.6 Å². The Labute approximate surface area is 156 Å². The van der Waals surface area contributed by atoms with Gasteiger partial charge in [-0.05, 0) is 45.8 Å². The van der Waals surface area contributed by atoms with Gasteiger partial charge in [0.15, 0.2) is 0 Å². The largest absolute Gasteiger partial charge is 0.508 e. The SMILES string of the molecule is O=C(O)NC(Cc1c[nH]c2ccc(O)cc12)C(=O)NCC1C=C(Br)NO1. The van der Waals surface area contributed by atoms with Crippen LogP contribution in [0, 0.1) is 0 Å². The maximum Gasteiger partial charge on any atom is 0.405 e. The highest BCUT2D eigenvalue weighted by Crippen LogP contribution is 2.24. The number of carboxylic acid groups (broad SMARTS) is 1. The fourth-order valence-electron chi connectivity index (χ4n) is 2.70. The lowest BCUT2D eigenvalue weighted by atomic mass is 10.0. The Bertz CT molecular complexity index is 865. The molecule has 1 aliphatic heterocycles. The van der Waals surface area contributed by atoms with Crippen molar-refractivity contribution in [2.24, 2.45) is 0 Å². The number of aromatic hydroxyl groups is 1. The molecule has 0 spiro atoms. The second-order valence-corrected chi connectivity index (χ2v) is 6.62. The second kappa shape index (κ2) is 7.67. The van der Waals surface area contributed by atoms with Crippen LogP contribution in [0.1, 0.15) is 5.56 Å². The molecule has 2 amide bonds. The van der Waals surface area contributed by atoms with Crippen molar-refractivity contribution in [3.63, 3.8) is 0 Å². The van der Waals surface area contributed by atoms with Crippen molar-refractivity contribution >= 4 is 38.8 Å². The van der Waals surface area contributed by atoms with Gasteiger partial charge in [-0.15, -0.1) is 0 Å². The standard InChI is InChI=1S/C16H17BrN4O5/c17-14-5-10(26-21-14)7-19-15(23)13(20-16(24)25)3-8-6-18-12-2-1-9(22)4-11(8)12/h1-2,4-6,10,13,18,20-22H,3,7H2,(H,19,23)(H,24,25). The van der Waals surface area contributed by atoms with Gasteiger partial charge in [-0.2, -0.15) is 0 Å². The third-order valence-electron chi connectivity index (χ3n) is 3.91. The average molecular weight is 425 g/mol. The van der Waals surface area contributed by atoms with Crippen LogP contribution in [-0.4, -0.2) is 45.9 Å². The molecule has 26 heavy (non-hydrogen) atoms. The van der Waals surface area contributed by atoms with Gasteiger partial charge in [-0.3, -0.25) is 15.1 Å². The number of benzene rings is 1. The summed E-state index contributed by atoms with van der Waals surface area (Å²) in [6, 6.07) is 3.83. The monoisotopic (exact) mass is 424 g/mol. The predicted molar refractivity (Wildman–Crippen MR) is 96.6 cm³/mol. The molecule has 0 aliphatic carbocycles. The van der Waals surface area contributed by atoms with Gasteiger partial charge in [0.1, 0.15) is 22.5 Å². The number of halogens is 1. The number of fused-ring (bicyclic) bond motifs is 1. The Morgan fingerprint density at radius 2 is 2.19 bits per heavy atom. The van der Waals surface area contributed by atoms with Crippen LogP contribution in [0.25, 0.3) is 10.9 Å². The number of phenolic OH excluding ortho intramolecular Hbond substituents is 1. The molecule has 2 aromatic rings. The van der Waals surface area contributed by atoms with Crippen LogP contribution >= 0.6 is 15.9 Å². The summed E-state index contributed by atoms with van der Waals surface area (Å²) < 4.78 is 0.663. The summed E-state index contributed by atoms with van der Waals surface area (Å²) in [5.74, 6) is -0.379. The van der Waals surface area contributed by atoms with E-state index < -0.39 is 18.0 Å². The van der Waals surface area contributed by atoms with Crippen molar-refractivity contribution in [2.45, 2.75) is 18.6 Å². The minimum atomic E-state index is -1.30. The molecule has 2 atom stereocenters. The topological polar surface area (TPSA) is 136 Å². The molecule has 1 aromatic carbocycles. The summed E-state index contributed by atoms with van der Waals surface area (Å²) in [5.41, 5.74) is 4.10. The number of nitrogens with one attached hydrogen (secondary N) is 4. The summed E-state index contributed by atoms with van der Waals surface area (Å²) in [6.07, 6.45) is 1.91. The van der Waals surface area contributed by atoms with Crippen LogP contribution < -0.4 is 16.1 Å². The Kier molecular flexibility index (Phi) is 5.33. The Balaban J connectivity index is 1.71. The van der Waals surface area contributed by atoms with E-state index in [4.69, 9.17) is 9.94 Å². The van der Waals surface area contributed by atoms with E-state index in [2.05, 4.69) is 37.0 Å². The van der Waals surface area contributed by atoms with Crippen molar-refractivity contribution in [1.29, 1.82) is 0 Å². The number of hydrogen-bond donors (Lipinski definition) is 6. The van der Waals surface area contributed by atoms with Crippen molar-refractivity contribution in [2.75, 3.05) is 6.54 Å². The first-order valence-corrected chi connectivity index (χ1v) is 8.57. The summed E-state index contributed by atoms with van der Waals surface area (Å²) in [5, 5.41) is 24.3. The van der Waals surface area contributed by atoms with Gasteiger partial charge >= 0.3 is 6.09 Å². The van der Waals surface area contributed by atoms with E-state index in [1.165, 1.54) is 0 Å². The quantitative estimate of drug-likeness (QED) is 0.387. The maximum absolute atomic E-state index is 12.4. The first-order valence-electron chi connectivity index (χ1n) is 7.77. The molecule has 9 nitrogen and oxygen atoms in total. The summed E-state index contributed by atoms with van der Waals surface area (Å²) in [7, 11) is 0. The van der Waals surface area contributed by atoms with E-state index in [-0.39, 0.29) is 24.8 Å². The lowest BCUT2D eigenvalue weighted by Crippen LogP contribution is -2.49. The molecule has 1 aliphatic rings. The number of hydrogen-bond acceptors (Lipinski definition) is 5. The number of carbonyl (C=O) groups excluding carboxylic acids is 1. The van der Waals surface area contributed by atoms with Crippen molar-refractivity contribution < 1.29 is 24.6 Å². The van der Waals surface area contributed by atoms with Crippen LogP contribution in [0.3, 0.4) is 0 Å². The van der Waals surface area contributed by atoms with Crippen molar-refractivity contribution in [3.8, 4) is 5.75 Å². The van der Waals surface area contributed by atoms with Crippen LogP contribution in [0.5, 0.6) is 5.75 Å². The summed E-state index contributed by atoms with van der Waals surface area (Å²) in [6.45, 7) is 0.188. The number of amides is 2. The number of carbonyl (C=O) groups is 2. The highest BCUT2D eigenvalue weighted by atomic mass is 79.9. The number of aromatic amines is 1. The molecule has 138 valence electrons. The number of rotatable bonds is 6. The lowest BCUT2D eigenvalue weighted by molar-refractivity contribution is -0.123. The second-order valence-electron chi connectivity index (χ2n) is 5.77. The Morgan fingerprint density at radius 3 is 2.88 bits per heavy atom. The van der Waals surface area contributed by atoms with Crippen LogP contribution in [0.2, 0.25) is 0 Å². The minimum absolute atomic E-state index is 0.0915. The van der Waals surface area contributed by atoms with Gasteiger partial charge in [-0.1, -0.05) is 0 Å². The molecule has 10 heteroatoms. The average Bonchev–Trinajstić information content (AvgIpc) is 3.18. The van der Waals surface area contributed by atoms with E-state index in [0.29, 0.717) is 10.2 Å². The number of aromatic nitrogens is 1. The van der Waals surface area contributed by atoms with E-state index in [1.807, 2.05) is 0 Å². The zero-order valence-electron chi connectivity index (χ0n) is 13.5. The number of hydroxylamine groups is 1. The van der Waals surface area contributed by atoms with Gasteiger partial charge < -0.3 is 25.8 Å². The highest BCUT2D eigenvalue weighted by Gasteiger charge is 2.24. The number of H-pyrrole nitrogens is 1. The van der Waals surface area contributed by atoms with Crippen molar-refractivity contribution in [1.82, 2.24) is 21.1 Å². The van der Waals surface area contributed by atoms with Gasteiger partial charge in [0.2, 0.25) is 5.91 Å². The highest BCUT2D eigenvalue weighted by molar-refractivity contribution is 9.11. The predicted octanol–water partition coefficient (Wildman–Crippen LogP) is 1.31. The molecular formula is C16H17BrN4O5. The Morgan fingerprint density at radius 1 is 1.38 bits per heavy atom.